The Morgan fingerprint density at radius 2 is 1.85 bits per heavy atom. The van der Waals surface area contributed by atoms with E-state index in [0.29, 0.717) is 0 Å². The SMILES string of the molecule is FC1(F)CN(C[C@@H]2[C@@H]3CNC[C@@H]32)C1. The van der Waals surface area contributed by atoms with Gasteiger partial charge in [0.2, 0.25) is 0 Å². The van der Waals surface area contributed by atoms with Crippen molar-refractivity contribution in [2.45, 2.75) is 5.92 Å². The van der Waals surface area contributed by atoms with Crippen molar-refractivity contribution in [2.24, 2.45) is 17.8 Å². The molecule has 2 heterocycles. The minimum absolute atomic E-state index is 0.00360. The van der Waals surface area contributed by atoms with Crippen LogP contribution in [0.3, 0.4) is 0 Å². The minimum atomic E-state index is -2.39. The highest BCUT2D eigenvalue weighted by Gasteiger charge is 2.55. The molecule has 1 N–H and O–H groups in total. The Bertz CT molecular complexity index is 214. The molecule has 4 heteroatoms. The van der Waals surface area contributed by atoms with E-state index in [1.54, 1.807) is 0 Å². The van der Waals surface area contributed by atoms with Crippen LogP contribution in [0.2, 0.25) is 0 Å². The van der Waals surface area contributed by atoms with Gasteiger partial charge in [0.25, 0.3) is 5.92 Å². The van der Waals surface area contributed by atoms with Crippen molar-refractivity contribution in [1.29, 1.82) is 0 Å². The second kappa shape index (κ2) is 2.42. The lowest BCUT2D eigenvalue weighted by molar-refractivity contribution is -0.132. The average Bonchev–Trinajstić information content (AvgIpc) is 2.47. The van der Waals surface area contributed by atoms with Crippen molar-refractivity contribution >= 4 is 0 Å². The number of nitrogens with one attached hydrogen (secondary N) is 1. The predicted molar refractivity (Wildman–Crippen MR) is 44.7 cm³/mol. The van der Waals surface area contributed by atoms with Crippen LogP contribution in [0.5, 0.6) is 0 Å². The molecule has 3 atom stereocenters. The molecule has 3 rings (SSSR count). The van der Waals surface area contributed by atoms with E-state index in [9.17, 15) is 8.78 Å². The third-order valence-corrected chi connectivity index (χ3v) is 3.65. The maximum absolute atomic E-state index is 12.5. The molecule has 0 aromatic heterocycles. The quantitative estimate of drug-likeness (QED) is 0.675. The number of hydrogen-bond donors (Lipinski definition) is 1. The zero-order valence-electron chi connectivity index (χ0n) is 7.47. The maximum Gasteiger partial charge on any atom is 0.272 e. The van der Waals surface area contributed by atoms with Crippen LogP contribution in [-0.4, -0.2) is 43.5 Å². The van der Waals surface area contributed by atoms with Crippen LogP contribution in [0.25, 0.3) is 0 Å². The van der Waals surface area contributed by atoms with Gasteiger partial charge >= 0.3 is 0 Å². The molecular formula is C9H14F2N2. The van der Waals surface area contributed by atoms with E-state index in [4.69, 9.17) is 0 Å². The highest BCUT2D eigenvalue weighted by molar-refractivity contribution is 5.06. The first-order chi connectivity index (χ1) is 6.16. The molecule has 0 aromatic rings. The molecule has 3 fully saturated rings. The minimum Gasteiger partial charge on any atom is -0.316 e. The van der Waals surface area contributed by atoms with E-state index >= 15 is 0 Å². The Morgan fingerprint density at radius 1 is 1.23 bits per heavy atom. The summed E-state index contributed by atoms with van der Waals surface area (Å²) in [6, 6.07) is 0. The summed E-state index contributed by atoms with van der Waals surface area (Å²) in [5.74, 6) is -0.0665. The molecule has 0 radical (unpaired) electrons. The first-order valence-electron chi connectivity index (χ1n) is 4.97. The van der Waals surface area contributed by atoms with Gasteiger partial charge in [0, 0.05) is 6.54 Å². The standard InChI is InChI=1S/C9H14F2N2/c10-9(11)4-13(5-9)3-8-6-1-12-2-7(6)8/h6-8,12H,1-5H2/t6-,7+,8-. The van der Waals surface area contributed by atoms with Crippen LogP contribution in [-0.2, 0) is 0 Å². The molecule has 0 amide bonds. The van der Waals surface area contributed by atoms with E-state index in [2.05, 4.69) is 5.32 Å². The highest BCUT2D eigenvalue weighted by Crippen LogP contribution is 2.49. The first kappa shape index (κ1) is 8.12. The number of likely N-dealkylation sites (tertiary alicyclic amines) is 1. The topological polar surface area (TPSA) is 15.3 Å². The number of alkyl halides is 2. The lowest BCUT2D eigenvalue weighted by Crippen LogP contribution is -2.56. The van der Waals surface area contributed by atoms with E-state index in [0.717, 1.165) is 37.4 Å². The van der Waals surface area contributed by atoms with Crippen molar-refractivity contribution in [3.63, 3.8) is 0 Å². The lowest BCUT2D eigenvalue weighted by atomic mass is 10.1. The molecule has 0 spiro atoms. The number of fused-ring (bicyclic) bond motifs is 1. The monoisotopic (exact) mass is 188 g/mol. The van der Waals surface area contributed by atoms with Gasteiger partial charge in [0.1, 0.15) is 0 Å². The summed E-state index contributed by atoms with van der Waals surface area (Å²) in [5.41, 5.74) is 0. The second-order valence-electron chi connectivity index (χ2n) is 4.68. The van der Waals surface area contributed by atoms with Gasteiger partial charge in [-0.3, -0.25) is 4.90 Å². The second-order valence-corrected chi connectivity index (χ2v) is 4.68. The number of rotatable bonds is 2. The molecule has 0 unspecified atom stereocenters. The summed E-state index contributed by atoms with van der Waals surface area (Å²) >= 11 is 0. The van der Waals surface area contributed by atoms with Crippen LogP contribution in [0.1, 0.15) is 0 Å². The van der Waals surface area contributed by atoms with Gasteiger partial charge < -0.3 is 5.32 Å². The fourth-order valence-electron chi connectivity index (χ4n) is 2.85. The molecule has 2 aliphatic heterocycles. The molecule has 2 nitrogen and oxygen atoms in total. The molecule has 13 heavy (non-hydrogen) atoms. The van der Waals surface area contributed by atoms with Crippen molar-refractivity contribution in [3.8, 4) is 0 Å². The van der Waals surface area contributed by atoms with Crippen LogP contribution in [0.15, 0.2) is 0 Å². The van der Waals surface area contributed by atoms with E-state index in [1.165, 1.54) is 0 Å². The van der Waals surface area contributed by atoms with Crippen molar-refractivity contribution < 1.29 is 8.78 Å². The third-order valence-electron chi connectivity index (χ3n) is 3.65. The Morgan fingerprint density at radius 3 is 2.38 bits per heavy atom. The molecular weight excluding hydrogens is 174 g/mol. The normalized spacial score (nSPS) is 47.1. The predicted octanol–water partition coefficient (Wildman–Crippen LogP) is 0.403. The lowest BCUT2D eigenvalue weighted by Gasteiger charge is -2.39. The molecule has 1 saturated carbocycles. The van der Waals surface area contributed by atoms with Crippen molar-refractivity contribution in [2.75, 3.05) is 32.7 Å². The van der Waals surface area contributed by atoms with Crippen molar-refractivity contribution in [1.82, 2.24) is 10.2 Å². The smallest absolute Gasteiger partial charge is 0.272 e. The fraction of sp³-hybridized carbons (Fsp3) is 1.00. The van der Waals surface area contributed by atoms with Gasteiger partial charge in [-0.1, -0.05) is 0 Å². The van der Waals surface area contributed by atoms with Gasteiger partial charge in [-0.25, -0.2) is 8.78 Å². The Balaban J connectivity index is 1.46. The summed E-state index contributed by atoms with van der Waals surface area (Å²) in [7, 11) is 0. The third kappa shape index (κ3) is 1.27. The molecule has 74 valence electrons. The number of nitrogens with zero attached hydrogens (tertiary/aromatic N) is 1. The summed E-state index contributed by atoms with van der Waals surface area (Å²) < 4.78 is 25.0. The molecule has 0 bridgehead atoms. The average molecular weight is 188 g/mol. The maximum atomic E-state index is 12.5. The van der Waals surface area contributed by atoms with Crippen LogP contribution in [0, 0.1) is 17.8 Å². The van der Waals surface area contributed by atoms with E-state index in [1.807, 2.05) is 4.90 Å². The fourth-order valence-corrected chi connectivity index (χ4v) is 2.85. The summed E-state index contributed by atoms with van der Waals surface area (Å²) in [6.45, 7) is 3.12. The number of halogens is 2. The Hall–Kier alpha value is -0.220. The highest BCUT2D eigenvalue weighted by atomic mass is 19.3. The van der Waals surface area contributed by atoms with Crippen LogP contribution < -0.4 is 5.32 Å². The van der Waals surface area contributed by atoms with Gasteiger partial charge in [-0.15, -0.1) is 0 Å². The van der Waals surface area contributed by atoms with Gasteiger partial charge in [0.05, 0.1) is 13.1 Å². The first-order valence-corrected chi connectivity index (χ1v) is 4.97. The summed E-state index contributed by atoms with van der Waals surface area (Å²) in [4.78, 5) is 1.89. The summed E-state index contributed by atoms with van der Waals surface area (Å²) in [6.07, 6.45) is 0. The Labute approximate surface area is 76.3 Å². The van der Waals surface area contributed by atoms with E-state index in [-0.39, 0.29) is 13.1 Å². The zero-order valence-corrected chi connectivity index (χ0v) is 7.47. The van der Waals surface area contributed by atoms with Crippen LogP contribution in [0.4, 0.5) is 8.78 Å². The van der Waals surface area contributed by atoms with Crippen molar-refractivity contribution in [3.05, 3.63) is 0 Å². The molecule has 2 saturated heterocycles. The molecule has 1 aliphatic carbocycles. The zero-order chi connectivity index (χ0) is 9.05. The Kier molecular flexibility index (Phi) is 1.51. The largest absolute Gasteiger partial charge is 0.316 e. The summed E-state index contributed by atoms with van der Waals surface area (Å²) in [5, 5.41) is 3.31. The van der Waals surface area contributed by atoms with Gasteiger partial charge in [0.15, 0.2) is 0 Å². The number of hydrogen-bond acceptors (Lipinski definition) is 2. The van der Waals surface area contributed by atoms with Gasteiger partial charge in [-0.05, 0) is 30.8 Å². The number of piperidine rings is 1. The van der Waals surface area contributed by atoms with Crippen LogP contribution >= 0.6 is 0 Å². The molecule has 3 aliphatic rings. The van der Waals surface area contributed by atoms with Gasteiger partial charge in [-0.2, -0.15) is 0 Å². The molecule has 0 aromatic carbocycles. The van der Waals surface area contributed by atoms with E-state index < -0.39 is 5.92 Å².